The lowest BCUT2D eigenvalue weighted by Crippen LogP contribution is -2.12. The molecule has 0 fully saturated rings. The zero-order valence-corrected chi connectivity index (χ0v) is 16.7. The second-order valence-corrected chi connectivity index (χ2v) is 6.42. The van der Waals surface area contributed by atoms with Crippen LogP contribution in [0.2, 0.25) is 0 Å². The van der Waals surface area contributed by atoms with Crippen LogP contribution in [0, 0.1) is 0 Å². The monoisotopic (exact) mass is 391 g/mol. The van der Waals surface area contributed by atoms with E-state index in [9.17, 15) is 4.79 Å². The first-order valence-corrected chi connectivity index (χ1v) is 9.52. The number of benzene rings is 3. The third-order valence-electron chi connectivity index (χ3n) is 4.33. The van der Waals surface area contributed by atoms with Crippen molar-refractivity contribution in [3.05, 3.63) is 89.5 Å². The van der Waals surface area contributed by atoms with Crippen LogP contribution in [-0.4, -0.2) is 19.6 Å². The molecule has 0 radical (unpaired) electrons. The fourth-order valence-corrected chi connectivity index (χ4v) is 2.89. The van der Waals surface area contributed by atoms with Crippen molar-refractivity contribution in [2.24, 2.45) is 0 Å². The first-order chi connectivity index (χ1) is 14.2. The second kappa shape index (κ2) is 10.3. The van der Waals surface area contributed by atoms with E-state index in [-0.39, 0.29) is 5.91 Å². The fraction of sp³-hybridized carbons (Fsp3) is 0.208. The van der Waals surface area contributed by atoms with Gasteiger partial charge in [-0.05, 0) is 55.0 Å². The molecule has 29 heavy (non-hydrogen) atoms. The van der Waals surface area contributed by atoms with Crippen LogP contribution in [0.4, 0.5) is 5.69 Å². The van der Waals surface area contributed by atoms with Gasteiger partial charge in [-0.3, -0.25) is 4.79 Å². The van der Waals surface area contributed by atoms with Crippen LogP contribution in [0.5, 0.6) is 11.5 Å². The maximum absolute atomic E-state index is 12.6. The SMILES string of the molecule is CCOc1ccc(NC(=O)c2ccc(OC)c(COCc3ccccc3)c2)cc1. The molecule has 0 atom stereocenters. The quantitative estimate of drug-likeness (QED) is 0.554. The van der Waals surface area contributed by atoms with Crippen molar-refractivity contribution in [1.29, 1.82) is 0 Å². The van der Waals surface area contributed by atoms with Gasteiger partial charge in [0.25, 0.3) is 5.91 Å². The first kappa shape index (κ1) is 20.4. The molecule has 0 aromatic heterocycles. The van der Waals surface area contributed by atoms with Crippen LogP contribution in [0.3, 0.4) is 0 Å². The van der Waals surface area contributed by atoms with E-state index in [2.05, 4.69) is 5.32 Å². The molecule has 0 saturated carbocycles. The smallest absolute Gasteiger partial charge is 0.255 e. The van der Waals surface area contributed by atoms with E-state index < -0.39 is 0 Å². The Morgan fingerprint density at radius 2 is 1.69 bits per heavy atom. The minimum atomic E-state index is -0.193. The largest absolute Gasteiger partial charge is 0.496 e. The highest BCUT2D eigenvalue weighted by Gasteiger charge is 2.11. The molecule has 5 heteroatoms. The summed E-state index contributed by atoms with van der Waals surface area (Å²) in [4.78, 5) is 12.6. The lowest BCUT2D eigenvalue weighted by molar-refractivity contribution is 0.102. The van der Waals surface area contributed by atoms with E-state index in [1.54, 1.807) is 25.3 Å². The topological polar surface area (TPSA) is 56.8 Å². The van der Waals surface area contributed by atoms with Gasteiger partial charge in [0.15, 0.2) is 0 Å². The van der Waals surface area contributed by atoms with E-state index in [4.69, 9.17) is 14.2 Å². The highest BCUT2D eigenvalue weighted by molar-refractivity contribution is 6.04. The second-order valence-electron chi connectivity index (χ2n) is 6.42. The van der Waals surface area contributed by atoms with Crippen LogP contribution < -0.4 is 14.8 Å². The zero-order valence-electron chi connectivity index (χ0n) is 16.7. The average molecular weight is 391 g/mol. The maximum Gasteiger partial charge on any atom is 0.255 e. The summed E-state index contributed by atoms with van der Waals surface area (Å²) in [5, 5.41) is 2.90. The minimum Gasteiger partial charge on any atom is -0.496 e. The number of carbonyl (C=O) groups is 1. The Kier molecular flexibility index (Phi) is 7.25. The van der Waals surface area contributed by atoms with Gasteiger partial charge in [-0.15, -0.1) is 0 Å². The Morgan fingerprint density at radius 1 is 0.931 bits per heavy atom. The van der Waals surface area contributed by atoms with Gasteiger partial charge in [-0.25, -0.2) is 0 Å². The summed E-state index contributed by atoms with van der Waals surface area (Å²) >= 11 is 0. The Morgan fingerprint density at radius 3 is 2.38 bits per heavy atom. The first-order valence-electron chi connectivity index (χ1n) is 9.52. The molecule has 0 saturated heterocycles. The number of ether oxygens (including phenoxy) is 3. The van der Waals surface area contributed by atoms with Crippen molar-refractivity contribution in [1.82, 2.24) is 0 Å². The molecule has 3 aromatic carbocycles. The molecule has 0 aliphatic carbocycles. The number of methoxy groups -OCH3 is 1. The van der Waals surface area contributed by atoms with Crippen molar-refractivity contribution in [2.45, 2.75) is 20.1 Å². The fourth-order valence-electron chi connectivity index (χ4n) is 2.89. The number of carbonyl (C=O) groups excluding carboxylic acids is 1. The standard InChI is InChI=1S/C24H25NO4/c1-3-29-22-12-10-21(11-13-22)25-24(26)19-9-14-23(27-2)20(15-19)17-28-16-18-7-5-4-6-8-18/h4-15H,3,16-17H2,1-2H3,(H,25,26). The number of anilines is 1. The lowest BCUT2D eigenvalue weighted by atomic mass is 10.1. The third-order valence-corrected chi connectivity index (χ3v) is 4.33. The summed E-state index contributed by atoms with van der Waals surface area (Å²) in [6, 6.07) is 22.6. The van der Waals surface area contributed by atoms with E-state index in [1.165, 1.54) is 0 Å². The zero-order chi connectivity index (χ0) is 20.5. The van der Waals surface area contributed by atoms with Crippen LogP contribution in [-0.2, 0) is 18.0 Å². The normalized spacial score (nSPS) is 10.4. The van der Waals surface area contributed by atoms with Gasteiger partial charge >= 0.3 is 0 Å². The van der Waals surface area contributed by atoms with Gasteiger partial charge in [0.1, 0.15) is 11.5 Å². The summed E-state index contributed by atoms with van der Waals surface area (Å²) in [5.41, 5.74) is 3.16. The van der Waals surface area contributed by atoms with Crippen molar-refractivity contribution >= 4 is 11.6 Å². The number of hydrogen-bond donors (Lipinski definition) is 1. The van der Waals surface area contributed by atoms with Crippen LogP contribution >= 0.6 is 0 Å². The van der Waals surface area contributed by atoms with E-state index in [1.807, 2.05) is 61.5 Å². The summed E-state index contributed by atoms with van der Waals surface area (Å²) in [7, 11) is 1.61. The molecule has 3 rings (SSSR count). The van der Waals surface area contributed by atoms with Gasteiger partial charge in [0.2, 0.25) is 0 Å². The molecule has 0 aliphatic rings. The van der Waals surface area contributed by atoms with Crippen LogP contribution in [0.15, 0.2) is 72.8 Å². The number of amides is 1. The molecule has 5 nitrogen and oxygen atoms in total. The molecule has 0 unspecified atom stereocenters. The van der Waals surface area contributed by atoms with E-state index in [0.29, 0.717) is 36.8 Å². The van der Waals surface area contributed by atoms with Gasteiger partial charge in [-0.1, -0.05) is 30.3 Å². The Labute approximate surface area is 171 Å². The molecule has 150 valence electrons. The van der Waals surface area contributed by atoms with Gasteiger partial charge in [-0.2, -0.15) is 0 Å². The molecule has 3 aromatic rings. The van der Waals surface area contributed by atoms with Crippen molar-refractivity contribution in [3.63, 3.8) is 0 Å². The Balaban J connectivity index is 1.65. The van der Waals surface area contributed by atoms with Gasteiger partial charge < -0.3 is 19.5 Å². The molecular weight excluding hydrogens is 366 g/mol. The molecule has 1 N–H and O–H groups in total. The molecule has 0 aliphatic heterocycles. The summed E-state index contributed by atoms with van der Waals surface area (Å²) in [6.45, 7) is 3.38. The minimum absolute atomic E-state index is 0.193. The molecule has 1 amide bonds. The molecule has 0 heterocycles. The highest BCUT2D eigenvalue weighted by atomic mass is 16.5. The molecule has 0 spiro atoms. The molecule has 0 bridgehead atoms. The predicted octanol–water partition coefficient (Wildman–Crippen LogP) is 5.06. The Hall–Kier alpha value is -3.31. The van der Waals surface area contributed by atoms with Crippen molar-refractivity contribution in [2.75, 3.05) is 19.0 Å². The van der Waals surface area contributed by atoms with Crippen LogP contribution in [0.1, 0.15) is 28.4 Å². The summed E-state index contributed by atoms with van der Waals surface area (Å²) in [5.74, 6) is 1.27. The number of hydrogen-bond acceptors (Lipinski definition) is 4. The highest BCUT2D eigenvalue weighted by Crippen LogP contribution is 2.23. The van der Waals surface area contributed by atoms with Crippen molar-refractivity contribution in [3.8, 4) is 11.5 Å². The number of nitrogens with one attached hydrogen (secondary N) is 1. The van der Waals surface area contributed by atoms with E-state index in [0.717, 1.165) is 16.9 Å². The third kappa shape index (κ3) is 5.83. The van der Waals surface area contributed by atoms with Gasteiger partial charge in [0, 0.05) is 16.8 Å². The predicted molar refractivity (Wildman–Crippen MR) is 113 cm³/mol. The molecular formula is C24H25NO4. The maximum atomic E-state index is 12.6. The van der Waals surface area contributed by atoms with Crippen LogP contribution in [0.25, 0.3) is 0 Å². The summed E-state index contributed by atoms with van der Waals surface area (Å²) < 4.78 is 16.6. The lowest BCUT2D eigenvalue weighted by Gasteiger charge is -2.12. The van der Waals surface area contributed by atoms with E-state index >= 15 is 0 Å². The Bertz CT molecular complexity index is 923. The summed E-state index contributed by atoms with van der Waals surface area (Å²) in [6.07, 6.45) is 0. The van der Waals surface area contributed by atoms with Crippen molar-refractivity contribution < 1.29 is 19.0 Å². The number of rotatable bonds is 9. The average Bonchev–Trinajstić information content (AvgIpc) is 2.76. The van der Waals surface area contributed by atoms with Gasteiger partial charge in [0.05, 0.1) is 26.9 Å².